The Balaban J connectivity index is 2.05. The van der Waals surface area contributed by atoms with Crippen molar-refractivity contribution in [2.75, 3.05) is 0 Å². The Hall–Kier alpha value is -2.21. The number of para-hydroxylation sites is 1. The zero-order chi connectivity index (χ0) is 14.1. The number of aromatic amines is 1. The minimum absolute atomic E-state index is 0.247. The number of hydrogen-bond donors (Lipinski definition) is 1. The maximum atomic E-state index is 5.27. The highest BCUT2D eigenvalue weighted by Gasteiger charge is 2.13. The molecule has 2 heterocycles. The summed E-state index contributed by atoms with van der Waals surface area (Å²) in [6, 6.07) is 10.2. The molecule has 0 spiro atoms. The Morgan fingerprint density at radius 1 is 1.20 bits per heavy atom. The number of rotatable bonds is 3. The van der Waals surface area contributed by atoms with Crippen molar-refractivity contribution >= 4 is 12.2 Å². The van der Waals surface area contributed by atoms with Gasteiger partial charge >= 0.3 is 0 Å². The van der Waals surface area contributed by atoms with Crippen molar-refractivity contribution in [2.24, 2.45) is 0 Å². The van der Waals surface area contributed by atoms with Gasteiger partial charge in [-0.25, -0.2) is 4.68 Å². The second-order valence-corrected chi connectivity index (χ2v) is 5.21. The fourth-order valence-electron chi connectivity index (χ4n) is 2.15. The first-order chi connectivity index (χ1) is 9.66. The highest BCUT2D eigenvalue weighted by atomic mass is 32.1. The molecule has 0 bridgehead atoms. The van der Waals surface area contributed by atoms with Crippen LogP contribution in [0.4, 0.5) is 0 Å². The summed E-state index contributed by atoms with van der Waals surface area (Å²) in [6.07, 6.45) is 3.76. The minimum atomic E-state index is 0.247. The molecule has 0 saturated carbocycles. The fraction of sp³-hybridized carbons (Fsp3) is 0.214. The molecule has 1 aromatic carbocycles. The lowest BCUT2D eigenvalue weighted by atomic mass is 10.3. The molecule has 6 heteroatoms. The number of nitrogens with zero attached hydrogens (tertiary/aromatic N) is 4. The van der Waals surface area contributed by atoms with Gasteiger partial charge in [-0.1, -0.05) is 18.2 Å². The normalized spacial score (nSPS) is 11.2. The Bertz CT molecular complexity index is 766. The predicted molar refractivity (Wildman–Crippen MR) is 80.4 cm³/mol. The van der Waals surface area contributed by atoms with E-state index in [-0.39, 0.29) is 6.04 Å². The Morgan fingerprint density at radius 3 is 2.65 bits per heavy atom. The van der Waals surface area contributed by atoms with Crippen molar-refractivity contribution in [1.82, 2.24) is 24.5 Å². The third-order valence-corrected chi connectivity index (χ3v) is 3.37. The van der Waals surface area contributed by atoms with Gasteiger partial charge in [-0.05, 0) is 38.2 Å². The van der Waals surface area contributed by atoms with E-state index in [4.69, 9.17) is 12.2 Å². The van der Waals surface area contributed by atoms with Gasteiger partial charge in [0.05, 0.1) is 17.4 Å². The molecule has 20 heavy (non-hydrogen) atoms. The van der Waals surface area contributed by atoms with E-state index in [0.717, 1.165) is 17.1 Å². The highest BCUT2D eigenvalue weighted by molar-refractivity contribution is 7.71. The van der Waals surface area contributed by atoms with Crippen molar-refractivity contribution in [3.05, 3.63) is 47.5 Å². The molecule has 0 aliphatic rings. The van der Waals surface area contributed by atoms with Gasteiger partial charge in [0.15, 0.2) is 10.6 Å². The van der Waals surface area contributed by atoms with Crippen LogP contribution in [0.3, 0.4) is 0 Å². The highest BCUT2D eigenvalue weighted by Crippen LogP contribution is 2.21. The van der Waals surface area contributed by atoms with Crippen LogP contribution in [0.5, 0.6) is 0 Å². The average molecular weight is 285 g/mol. The summed E-state index contributed by atoms with van der Waals surface area (Å²) >= 11 is 5.27. The van der Waals surface area contributed by atoms with Crippen LogP contribution >= 0.6 is 12.2 Å². The van der Waals surface area contributed by atoms with Crippen LogP contribution in [-0.2, 0) is 0 Å². The van der Waals surface area contributed by atoms with E-state index in [1.54, 1.807) is 6.20 Å². The molecule has 0 aliphatic carbocycles. The van der Waals surface area contributed by atoms with Gasteiger partial charge in [0.2, 0.25) is 0 Å². The van der Waals surface area contributed by atoms with Crippen LogP contribution in [0.25, 0.3) is 17.1 Å². The summed E-state index contributed by atoms with van der Waals surface area (Å²) in [5.74, 6) is 0.812. The number of benzene rings is 1. The van der Waals surface area contributed by atoms with Crippen molar-refractivity contribution in [1.29, 1.82) is 0 Å². The van der Waals surface area contributed by atoms with E-state index in [9.17, 15) is 0 Å². The molecule has 102 valence electrons. The lowest BCUT2D eigenvalue weighted by molar-refractivity contribution is 0.597. The number of hydrogen-bond acceptors (Lipinski definition) is 3. The zero-order valence-electron chi connectivity index (χ0n) is 11.3. The summed E-state index contributed by atoms with van der Waals surface area (Å²) in [6.45, 7) is 4.16. The maximum absolute atomic E-state index is 5.27. The molecule has 5 nitrogen and oxygen atoms in total. The number of nitrogens with one attached hydrogen (secondary N) is 1. The first-order valence-corrected chi connectivity index (χ1v) is 6.85. The van der Waals surface area contributed by atoms with Crippen molar-refractivity contribution in [2.45, 2.75) is 19.9 Å². The summed E-state index contributed by atoms with van der Waals surface area (Å²) < 4.78 is 4.45. The fourth-order valence-corrected chi connectivity index (χ4v) is 2.49. The largest absolute Gasteiger partial charge is 0.298 e. The van der Waals surface area contributed by atoms with Crippen molar-refractivity contribution in [3.8, 4) is 17.1 Å². The SMILES string of the molecule is CC(C)n1c(-c2cnn(-c3ccccc3)c2)n[nH]c1=S. The van der Waals surface area contributed by atoms with E-state index in [1.807, 2.05) is 45.8 Å². The average Bonchev–Trinajstić information content (AvgIpc) is 3.05. The Kier molecular flexibility index (Phi) is 3.23. The molecule has 1 N–H and O–H groups in total. The van der Waals surface area contributed by atoms with Gasteiger partial charge in [-0.2, -0.15) is 10.2 Å². The number of aromatic nitrogens is 5. The summed E-state index contributed by atoms with van der Waals surface area (Å²) in [5.41, 5.74) is 1.96. The Morgan fingerprint density at radius 2 is 1.95 bits per heavy atom. The summed E-state index contributed by atoms with van der Waals surface area (Å²) in [4.78, 5) is 0. The van der Waals surface area contributed by atoms with Crippen LogP contribution < -0.4 is 0 Å². The van der Waals surface area contributed by atoms with Gasteiger partial charge < -0.3 is 0 Å². The van der Waals surface area contributed by atoms with E-state index in [0.29, 0.717) is 4.77 Å². The monoisotopic (exact) mass is 285 g/mol. The predicted octanol–water partition coefficient (Wildman–Crippen LogP) is 3.37. The molecular formula is C14H15N5S. The second-order valence-electron chi connectivity index (χ2n) is 4.83. The van der Waals surface area contributed by atoms with Crippen LogP contribution in [-0.4, -0.2) is 24.5 Å². The summed E-state index contributed by atoms with van der Waals surface area (Å²) in [7, 11) is 0. The van der Waals surface area contributed by atoms with Gasteiger partial charge in [0, 0.05) is 12.2 Å². The maximum Gasteiger partial charge on any atom is 0.195 e. The van der Waals surface area contributed by atoms with Crippen molar-refractivity contribution < 1.29 is 0 Å². The smallest absolute Gasteiger partial charge is 0.195 e. The van der Waals surface area contributed by atoms with Crippen LogP contribution in [0.1, 0.15) is 19.9 Å². The third kappa shape index (κ3) is 2.18. The van der Waals surface area contributed by atoms with Gasteiger partial charge in [-0.15, -0.1) is 0 Å². The second kappa shape index (κ2) is 5.05. The van der Waals surface area contributed by atoms with Crippen LogP contribution in [0.15, 0.2) is 42.7 Å². The van der Waals surface area contributed by atoms with Gasteiger partial charge in [0.1, 0.15) is 0 Å². The molecule has 0 amide bonds. The van der Waals surface area contributed by atoms with Gasteiger partial charge in [0.25, 0.3) is 0 Å². The molecular weight excluding hydrogens is 270 g/mol. The topological polar surface area (TPSA) is 51.4 Å². The molecule has 3 aromatic rings. The first-order valence-electron chi connectivity index (χ1n) is 6.44. The lowest BCUT2D eigenvalue weighted by Gasteiger charge is -2.08. The lowest BCUT2D eigenvalue weighted by Crippen LogP contribution is -2.02. The molecule has 3 rings (SSSR count). The van der Waals surface area contributed by atoms with E-state index >= 15 is 0 Å². The first kappa shape index (κ1) is 12.8. The minimum Gasteiger partial charge on any atom is -0.298 e. The molecule has 2 aromatic heterocycles. The van der Waals surface area contributed by atoms with E-state index in [1.165, 1.54) is 0 Å². The van der Waals surface area contributed by atoms with Crippen LogP contribution in [0.2, 0.25) is 0 Å². The number of H-pyrrole nitrogens is 1. The molecule has 0 fully saturated rings. The summed E-state index contributed by atoms with van der Waals surface area (Å²) in [5, 5.41) is 11.5. The molecule has 0 aliphatic heterocycles. The van der Waals surface area contributed by atoms with Gasteiger partial charge in [-0.3, -0.25) is 9.67 Å². The quantitative estimate of drug-likeness (QED) is 0.751. The standard InChI is InChI=1S/C14H15N5S/c1-10(2)19-13(16-17-14(19)20)11-8-15-18(9-11)12-6-4-3-5-7-12/h3-10H,1-2H3,(H,17,20). The molecule has 0 unspecified atom stereocenters. The molecule has 0 saturated heterocycles. The van der Waals surface area contributed by atoms with Crippen molar-refractivity contribution in [3.63, 3.8) is 0 Å². The van der Waals surface area contributed by atoms with Crippen LogP contribution in [0, 0.1) is 4.77 Å². The van der Waals surface area contributed by atoms with E-state index in [2.05, 4.69) is 29.1 Å². The third-order valence-electron chi connectivity index (χ3n) is 3.08. The molecule has 0 radical (unpaired) electrons. The Labute approximate surface area is 121 Å². The zero-order valence-corrected chi connectivity index (χ0v) is 12.1. The molecule has 0 atom stereocenters. The van der Waals surface area contributed by atoms with E-state index < -0.39 is 0 Å².